The molecule has 4 heteroatoms. The van der Waals surface area contributed by atoms with E-state index in [2.05, 4.69) is 0 Å². The number of nitrogens with two attached hydrogens (primary N) is 4. The Morgan fingerprint density at radius 3 is 1.79 bits per heavy atom. The van der Waals surface area contributed by atoms with Gasteiger partial charge in [-0.3, -0.25) is 0 Å². The molecule has 0 aromatic heterocycles. The standard InChI is InChI=1S/C10H18N4/c1-10(2,3)7-5(11)4-6(12)8(13)9(7)14/h4H,11-14H2,1-3H3. The van der Waals surface area contributed by atoms with E-state index in [1.54, 1.807) is 6.07 Å². The summed E-state index contributed by atoms with van der Waals surface area (Å²) in [5.74, 6) is 0. The molecule has 0 radical (unpaired) electrons. The molecule has 0 aliphatic heterocycles. The highest BCUT2D eigenvalue weighted by atomic mass is 14.8. The topological polar surface area (TPSA) is 104 Å². The Labute approximate surface area is 84.3 Å². The Morgan fingerprint density at radius 2 is 1.36 bits per heavy atom. The van der Waals surface area contributed by atoms with Crippen LogP contribution < -0.4 is 22.9 Å². The summed E-state index contributed by atoms with van der Waals surface area (Å²) in [6, 6.07) is 1.66. The van der Waals surface area contributed by atoms with Gasteiger partial charge in [-0.1, -0.05) is 20.8 Å². The van der Waals surface area contributed by atoms with Gasteiger partial charge in [0.2, 0.25) is 0 Å². The Hall–Kier alpha value is -1.58. The van der Waals surface area contributed by atoms with Gasteiger partial charge < -0.3 is 22.9 Å². The minimum absolute atomic E-state index is 0.129. The van der Waals surface area contributed by atoms with E-state index in [0.29, 0.717) is 22.7 Å². The van der Waals surface area contributed by atoms with Gasteiger partial charge in [0, 0.05) is 11.3 Å². The fourth-order valence-electron chi connectivity index (χ4n) is 1.60. The Morgan fingerprint density at radius 1 is 0.857 bits per heavy atom. The number of hydrogen-bond acceptors (Lipinski definition) is 4. The summed E-state index contributed by atoms with van der Waals surface area (Å²) in [4.78, 5) is 0. The van der Waals surface area contributed by atoms with E-state index in [4.69, 9.17) is 22.9 Å². The molecule has 0 aliphatic carbocycles. The number of rotatable bonds is 0. The predicted molar refractivity (Wildman–Crippen MR) is 62.8 cm³/mol. The summed E-state index contributed by atoms with van der Waals surface area (Å²) in [7, 11) is 0. The molecule has 0 amide bonds. The molecule has 0 bridgehead atoms. The SMILES string of the molecule is CC(C)(C)c1c(N)cc(N)c(N)c1N. The van der Waals surface area contributed by atoms with Crippen LogP contribution in [0.3, 0.4) is 0 Å². The van der Waals surface area contributed by atoms with Gasteiger partial charge >= 0.3 is 0 Å². The molecule has 78 valence electrons. The summed E-state index contributed by atoms with van der Waals surface area (Å²) in [5, 5.41) is 0. The molecule has 0 spiro atoms. The molecule has 14 heavy (non-hydrogen) atoms. The molecule has 1 rings (SSSR count). The molecule has 4 nitrogen and oxygen atoms in total. The van der Waals surface area contributed by atoms with Crippen LogP contribution >= 0.6 is 0 Å². The monoisotopic (exact) mass is 194 g/mol. The van der Waals surface area contributed by atoms with E-state index in [9.17, 15) is 0 Å². The first-order chi connectivity index (χ1) is 6.25. The van der Waals surface area contributed by atoms with Crippen LogP contribution in [-0.4, -0.2) is 0 Å². The van der Waals surface area contributed by atoms with Gasteiger partial charge in [-0.15, -0.1) is 0 Å². The summed E-state index contributed by atoms with van der Waals surface area (Å²) in [6.07, 6.45) is 0. The third-order valence-corrected chi connectivity index (χ3v) is 2.22. The molecule has 0 heterocycles. The predicted octanol–water partition coefficient (Wildman–Crippen LogP) is 1.31. The Bertz CT molecular complexity index is 363. The largest absolute Gasteiger partial charge is 0.398 e. The van der Waals surface area contributed by atoms with Crippen molar-refractivity contribution in [1.29, 1.82) is 0 Å². The van der Waals surface area contributed by atoms with Crippen LogP contribution in [0.25, 0.3) is 0 Å². The molecule has 0 aliphatic rings. The van der Waals surface area contributed by atoms with Gasteiger partial charge in [-0.2, -0.15) is 0 Å². The second-order valence-corrected chi connectivity index (χ2v) is 4.51. The van der Waals surface area contributed by atoms with Crippen molar-refractivity contribution >= 4 is 22.7 Å². The van der Waals surface area contributed by atoms with Crippen molar-refractivity contribution in [3.05, 3.63) is 11.6 Å². The lowest BCUT2D eigenvalue weighted by Crippen LogP contribution is -2.18. The van der Waals surface area contributed by atoms with Crippen molar-refractivity contribution in [3.63, 3.8) is 0 Å². The maximum atomic E-state index is 5.89. The fraction of sp³-hybridized carbons (Fsp3) is 0.400. The summed E-state index contributed by atoms with van der Waals surface area (Å²) < 4.78 is 0. The van der Waals surface area contributed by atoms with Crippen LogP contribution in [0.2, 0.25) is 0 Å². The van der Waals surface area contributed by atoms with Crippen LogP contribution in [0.5, 0.6) is 0 Å². The van der Waals surface area contributed by atoms with Crippen molar-refractivity contribution in [1.82, 2.24) is 0 Å². The van der Waals surface area contributed by atoms with Gasteiger partial charge in [0.15, 0.2) is 0 Å². The van der Waals surface area contributed by atoms with Crippen molar-refractivity contribution in [3.8, 4) is 0 Å². The zero-order chi connectivity index (χ0) is 11.1. The highest BCUT2D eigenvalue weighted by Crippen LogP contribution is 2.39. The van der Waals surface area contributed by atoms with Crippen molar-refractivity contribution < 1.29 is 0 Å². The Kier molecular flexibility index (Phi) is 2.23. The van der Waals surface area contributed by atoms with E-state index < -0.39 is 0 Å². The lowest BCUT2D eigenvalue weighted by atomic mass is 9.84. The first kappa shape index (κ1) is 10.5. The van der Waals surface area contributed by atoms with E-state index in [0.717, 1.165) is 5.56 Å². The molecular formula is C10H18N4. The minimum Gasteiger partial charge on any atom is -0.398 e. The number of benzene rings is 1. The summed E-state index contributed by atoms with van der Waals surface area (Å²) in [5.41, 5.74) is 25.8. The van der Waals surface area contributed by atoms with Crippen LogP contribution in [0.1, 0.15) is 26.3 Å². The van der Waals surface area contributed by atoms with Crippen molar-refractivity contribution in [2.45, 2.75) is 26.2 Å². The average Bonchev–Trinajstić information content (AvgIpc) is 1.97. The fourth-order valence-corrected chi connectivity index (χ4v) is 1.60. The van der Waals surface area contributed by atoms with Gasteiger partial charge in [0.1, 0.15) is 0 Å². The second kappa shape index (κ2) is 2.97. The maximum Gasteiger partial charge on any atom is 0.0785 e. The Balaban J connectivity index is 3.53. The molecule has 0 atom stereocenters. The molecule has 1 aromatic carbocycles. The zero-order valence-corrected chi connectivity index (χ0v) is 8.89. The third kappa shape index (κ3) is 1.55. The van der Waals surface area contributed by atoms with E-state index in [-0.39, 0.29) is 5.41 Å². The van der Waals surface area contributed by atoms with Crippen LogP contribution in [0.15, 0.2) is 6.07 Å². The number of hydrogen-bond donors (Lipinski definition) is 4. The second-order valence-electron chi connectivity index (χ2n) is 4.51. The van der Waals surface area contributed by atoms with Crippen LogP contribution in [0, 0.1) is 0 Å². The molecule has 0 saturated carbocycles. The van der Waals surface area contributed by atoms with Gasteiger partial charge in [0.05, 0.1) is 17.1 Å². The van der Waals surface area contributed by atoms with Crippen LogP contribution in [0.4, 0.5) is 22.7 Å². The van der Waals surface area contributed by atoms with Gasteiger partial charge in [0.25, 0.3) is 0 Å². The van der Waals surface area contributed by atoms with E-state index in [1.165, 1.54) is 0 Å². The van der Waals surface area contributed by atoms with Crippen molar-refractivity contribution in [2.24, 2.45) is 0 Å². The van der Waals surface area contributed by atoms with E-state index in [1.807, 2.05) is 20.8 Å². The molecule has 0 fully saturated rings. The van der Waals surface area contributed by atoms with Gasteiger partial charge in [-0.05, 0) is 11.5 Å². The molecule has 0 unspecified atom stereocenters. The molecular weight excluding hydrogens is 176 g/mol. The van der Waals surface area contributed by atoms with Crippen LogP contribution in [-0.2, 0) is 5.41 Å². The smallest absolute Gasteiger partial charge is 0.0785 e. The summed E-state index contributed by atoms with van der Waals surface area (Å²) >= 11 is 0. The summed E-state index contributed by atoms with van der Waals surface area (Å²) in [6.45, 7) is 6.10. The average molecular weight is 194 g/mol. The zero-order valence-electron chi connectivity index (χ0n) is 8.89. The van der Waals surface area contributed by atoms with E-state index >= 15 is 0 Å². The van der Waals surface area contributed by atoms with Gasteiger partial charge in [-0.25, -0.2) is 0 Å². The highest BCUT2D eigenvalue weighted by Gasteiger charge is 2.22. The normalized spacial score (nSPS) is 11.6. The first-order valence-corrected chi connectivity index (χ1v) is 4.48. The third-order valence-electron chi connectivity index (χ3n) is 2.22. The molecule has 8 N–H and O–H groups in total. The quantitative estimate of drug-likeness (QED) is 0.467. The van der Waals surface area contributed by atoms with Crippen molar-refractivity contribution in [2.75, 3.05) is 22.9 Å². The molecule has 0 saturated heterocycles. The number of anilines is 4. The lowest BCUT2D eigenvalue weighted by Gasteiger charge is -2.24. The maximum absolute atomic E-state index is 5.89. The number of nitrogen functional groups attached to an aromatic ring is 4. The molecule has 1 aromatic rings. The lowest BCUT2D eigenvalue weighted by molar-refractivity contribution is 0.595. The minimum atomic E-state index is -0.129. The first-order valence-electron chi connectivity index (χ1n) is 4.48. The highest BCUT2D eigenvalue weighted by molar-refractivity contribution is 5.86.